The molecule has 2 amide bonds. The molecule has 3 heterocycles. The molecule has 0 unspecified atom stereocenters. The van der Waals surface area contributed by atoms with Crippen molar-refractivity contribution in [1.29, 1.82) is 0 Å². The quantitative estimate of drug-likeness (QED) is 0.705. The number of nitrogens with one attached hydrogen (secondary N) is 1. The Balaban J connectivity index is 1.39. The number of rotatable bonds is 5. The lowest BCUT2D eigenvalue weighted by Crippen LogP contribution is -2.50. The van der Waals surface area contributed by atoms with Crippen LogP contribution in [0.1, 0.15) is 25.1 Å². The molecule has 0 aliphatic carbocycles. The van der Waals surface area contributed by atoms with Crippen molar-refractivity contribution in [1.82, 2.24) is 14.9 Å². The highest BCUT2D eigenvalue weighted by Gasteiger charge is 2.24. The number of benzene rings is 1. The van der Waals surface area contributed by atoms with Gasteiger partial charge >= 0.3 is 6.03 Å². The van der Waals surface area contributed by atoms with Gasteiger partial charge in [0.1, 0.15) is 29.0 Å². The number of anilines is 3. The van der Waals surface area contributed by atoms with Gasteiger partial charge in [0.2, 0.25) is 0 Å². The molecule has 1 aromatic heterocycles. The Bertz CT molecular complexity index is 990. The van der Waals surface area contributed by atoms with Crippen LogP contribution in [-0.4, -0.2) is 74.4 Å². The predicted octanol–water partition coefficient (Wildman–Crippen LogP) is 3.80. The number of carbonyl (C=O) groups is 1. The van der Waals surface area contributed by atoms with Crippen molar-refractivity contribution in [2.75, 3.05) is 68.6 Å². The van der Waals surface area contributed by atoms with E-state index in [1.807, 2.05) is 6.92 Å². The lowest BCUT2D eigenvalue weighted by atomic mass is 10.1. The minimum atomic E-state index is -0.193. The maximum absolute atomic E-state index is 12.9. The summed E-state index contributed by atoms with van der Waals surface area (Å²) in [6, 6.07) is 5.19. The van der Waals surface area contributed by atoms with E-state index in [1.165, 1.54) is 26.4 Å². The molecule has 0 radical (unpaired) electrons. The van der Waals surface area contributed by atoms with Gasteiger partial charge in [-0.15, -0.1) is 0 Å². The predicted molar refractivity (Wildman–Crippen MR) is 130 cm³/mol. The molecule has 33 heavy (non-hydrogen) atoms. The Morgan fingerprint density at radius 2 is 1.48 bits per heavy atom. The SMILES string of the molecule is COc1cc(OC)c(NC(=O)N2CCN(c3cc(N4CCCCC4)nc(C)n3)CC2)cc1Cl. The molecule has 0 saturated carbocycles. The molecule has 2 fully saturated rings. The second-order valence-corrected chi connectivity index (χ2v) is 8.68. The molecule has 0 bridgehead atoms. The van der Waals surface area contributed by atoms with Crippen LogP contribution in [0.4, 0.5) is 22.1 Å². The summed E-state index contributed by atoms with van der Waals surface area (Å²) in [5.41, 5.74) is 0.508. The van der Waals surface area contributed by atoms with Gasteiger partial charge in [-0.1, -0.05) is 11.6 Å². The maximum atomic E-state index is 12.9. The largest absolute Gasteiger partial charge is 0.495 e. The van der Waals surface area contributed by atoms with Gasteiger partial charge < -0.3 is 29.5 Å². The number of hydrogen-bond acceptors (Lipinski definition) is 7. The van der Waals surface area contributed by atoms with Crippen molar-refractivity contribution in [3.05, 3.63) is 29.0 Å². The minimum Gasteiger partial charge on any atom is -0.495 e. The number of hydrogen-bond donors (Lipinski definition) is 1. The molecule has 1 N–H and O–H groups in total. The summed E-state index contributed by atoms with van der Waals surface area (Å²) in [5, 5.41) is 3.32. The van der Waals surface area contributed by atoms with E-state index in [-0.39, 0.29) is 6.03 Å². The van der Waals surface area contributed by atoms with Crippen LogP contribution in [0.15, 0.2) is 18.2 Å². The first-order chi connectivity index (χ1) is 16.0. The Hall–Kier alpha value is -2.94. The highest BCUT2D eigenvalue weighted by Crippen LogP contribution is 2.36. The zero-order valence-electron chi connectivity index (χ0n) is 19.4. The second kappa shape index (κ2) is 10.3. The lowest BCUT2D eigenvalue weighted by Gasteiger charge is -2.36. The van der Waals surface area contributed by atoms with Crippen LogP contribution in [0.2, 0.25) is 5.02 Å². The van der Waals surface area contributed by atoms with Gasteiger partial charge in [0.15, 0.2) is 0 Å². The summed E-state index contributed by atoms with van der Waals surface area (Å²) in [6.07, 6.45) is 3.69. The number of urea groups is 1. The van der Waals surface area contributed by atoms with Gasteiger partial charge in [-0.3, -0.25) is 0 Å². The van der Waals surface area contributed by atoms with Gasteiger partial charge in [-0.05, 0) is 32.3 Å². The number of ether oxygens (including phenoxy) is 2. The Labute approximate surface area is 199 Å². The first kappa shape index (κ1) is 23.2. The minimum absolute atomic E-state index is 0.193. The third kappa shape index (κ3) is 5.35. The van der Waals surface area contributed by atoms with Crippen LogP contribution < -0.4 is 24.6 Å². The van der Waals surface area contributed by atoms with E-state index in [1.54, 1.807) is 24.1 Å². The number of carbonyl (C=O) groups excluding carboxylic acids is 1. The van der Waals surface area contributed by atoms with Gasteiger partial charge in [0.05, 0.1) is 24.9 Å². The highest BCUT2D eigenvalue weighted by atomic mass is 35.5. The Morgan fingerprint density at radius 1 is 0.879 bits per heavy atom. The Kier molecular flexibility index (Phi) is 7.27. The number of aromatic nitrogens is 2. The van der Waals surface area contributed by atoms with Crippen molar-refractivity contribution in [3.8, 4) is 11.5 Å². The topological polar surface area (TPSA) is 83.1 Å². The van der Waals surface area contributed by atoms with Crippen molar-refractivity contribution < 1.29 is 14.3 Å². The molecule has 2 aliphatic rings. The molecule has 178 valence electrons. The first-order valence-electron chi connectivity index (χ1n) is 11.3. The fraction of sp³-hybridized carbons (Fsp3) is 0.522. The zero-order valence-corrected chi connectivity index (χ0v) is 20.2. The molecule has 2 saturated heterocycles. The summed E-state index contributed by atoms with van der Waals surface area (Å²) in [5.74, 6) is 3.68. The summed E-state index contributed by atoms with van der Waals surface area (Å²) < 4.78 is 10.6. The van der Waals surface area contributed by atoms with Gasteiger partial charge in [-0.25, -0.2) is 14.8 Å². The highest BCUT2D eigenvalue weighted by molar-refractivity contribution is 6.32. The third-order valence-corrected chi connectivity index (χ3v) is 6.39. The van der Waals surface area contributed by atoms with Crippen LogP contribution in [-0.2, 0) is 0 Å². The van der Waals surface area contributed by atoms with E-state index < -0.39 is 0 Å². The number of halogens is 1. The number of aryl methyl sites for hydroxylation is 1. The summed E-state index contributed by atoms with van der Waals surface area (Å²) in [4.78, 5) is 28.6. The molecule has 2 aliphatic heterocycles. The molecule has 2 aromatic rings. The maximum Gasteiger partial charge on any atom is 0.322 e. The van der Waals surface area contributed by atoms with E-state index in [0.29, 0.717) is 48.4 Å². The molecule has 10 heteroatoms. The van der Waals surface area contributed by atoms with E-state index >= 15 is 0 Å². The molecule has 0 atom stereocenters. The number of amides is 2. The average Bonchev–Trinajstić information content (AvgIpc) is 2.84. The summed E-state index contributed by atoms with van der Waals surface area (Å²) >= 11 is 6.23. The number of methoxy groups -OCH3 is 2. The lowest BCUT2D eigenvalue weighted by molar-refractivity contribution is 0.208. The monoisotopic (exact) mass is 474 g/mol. The van der Waals surface area contributed by atoms with E-state index in [9.17, 15) is 4.79 Å². The number of nitrogens with zero attached hydrogens (tertiary/aromatic N) is 5. The van der Waals surface area contributed by atoms with Gasteiger partial charge in [0, 0.05) is 51.4 Å². The first-order valence-corrected chi connectivity index (χ1v) is 11.7. The normalized spacial score (nSPS) is 16.5. The van der Waals surface area contributed by atoms with Gasteiger partial charge in [-0.2, -0.15) is 0 Å². The summed E-state index contributed by atoms with van der Waals surface area (Å²) in [7, 11) is 3.08. The van der Waals surface area contributed by atoms with Crippen LogP contribution in [0.3, 0.4) is 0 Å². The van der Waals surface area contributed by atoms with Crippen molar-refractivity contribution >= 4 is 35.0 Å². The number of piperazine rings is 1. The van der Waals surface area contributed by atoms with E-state index in [0.717, 1.165) is 30.5 Å². The van der Waals surface area contributed by atoms with Crippen LogP contribution >= 0.6 is 11.6 Å². The second-order valence-electron chi connectivity index (χ2n) is 8.27. The number of piperidine rings is 1. The molecule has 4 rings (SSSR count). The Morgan fingerprint density at radius 3 is 2.09 bits per heavy atom. The van der Waals surface area contributed by atoms with Crippen molar-refractivity contribution in [2.24, 2.45) is 0 Å². The summed E-state index contributed by atoms with van der Waals surface area (Å²) in [6.45, 7) is 6.59. The van der Waals surface area contributed by atoms with Crippen molar-refractivity contribution in [3.63, 3.8) is 0 Å². The van der Waals surface area contributed by atoms with E-state index in [2.05, 4.69) is 31.2 Å². The van der Waals surface area contributed by atoms with Gasteiger partial charge in [0.25, 0.3) is 0 Å². The fourth-order valence-electron chi connectivity index (χ4n) is 4.27. The standard InChI is InChI=1S/C23H31ClN6O3/c1-16-25-21(28-7-5-4-6-8-28)15-22(26-16)29-9-11-30(12-10-29)23(31)27-18-13-17(24)19(32-2)14-20(18)33-3/h13-15H,4-12H2,1-3H3,(H,27,31). The molecule has 1 aromatic carbocycles. The molecular weight excluding hydrogens is 444 g/mol. The van der Waals surface area contributed by atoms with Crippen LogP contribution in [0.5, 0.6) is 11.5 Å². The molecule has 0 spiro atoms. The zero-order chi connectivity index (χ0) is 23.4. The van der Waals surface area contributed by atoms with Crippen LogP contribution in [0.25, 0.3) is 0 Å². The van der Waals surface area contributed by atoms with Crippen LogP contribution in [0, 0.1) is 6.92 Å². The average molecular weight is 475 g/mol. The fourth-order valence-corrected chi connectivity index (χ4v) is 4.52. The molecule has 9 nitrogen and oxygen atoms in total. The molecular formula is C23H31ClN6O3. The van der Waals surface area contributed by atoms with Crippen molar-refractivity contribution in [2.45, 2.75) is 26.2 Å². The smallest absolute Gasteiger partial charge is 0.322 e. The van der Waals surface area contributed by atoms with E-state index in [4.69, 9.17) is 21.1 Å². The third-order valence-electron chi connectivity index (χ3n) is 6.10.